The van der Waals surface area contributed by atoms with Gasteiger partial charge in [-0.05, 0) is 39.0 Å². The number of piperazine rings is 1. The highest BCUT2D eigenvalue weighted by atomic mass is 32.2. The molecular weight excluding hydrogens is 334 g/mol. The van der Waals surface area contributed by atoms with Crippen LogP contribution >= 0.6 is 11.8 Å². The Bertz CT molecular complexity index is 559. The second-order valence-electron chi connectivity index (χ2n) is 7.04. The molecule has 3 heterocycles. The zero-order valence-electron chi connectivity index (χ0n) is 15.4. The lowest BCUT2D eigenvalue weighted by atomic mass is 9.98. The van der Waals surface area contributed by atoms with Crippen LogP contribution in [-0.2, 0) is 0 Å². The van der Waals surface area contributed by atoms with Crippen LogP contribution in [0.25, 0.3) is 0 Å². The number of aromatic nitrogens is 2. The molecule has 1 aromatic rings. The van der Waals surface area contributed by atoms with Gasteiger partial charge < -0.3 is 14.7 Å². The molecule has 2 saturated heterocycles. The quantitative estimate of drug-likeness (QED) is 0.588. The van der Waals surface area contributed by atoms with Crippen molar-refractivity contribution in [3.8, 4) is 0 Å². The molecule has 2 aliphatic heterocycles. The average Bonchev–Trinajstić information content (AvgIpc) is 2.67. The third kappa shape index (κ3) is 4.92. The summed E-state index contributed by atoms with van der Waals surface area (Å²) < 4.78 is 0. The maximum absolute atomic E-state index is 12.9. The summed E-state index contributed by atoms with van der Waals surface area (Å²) >= 11 is 1.49. The summed E-state index contributed by atoms with van der Waals surface area (Å²) in [5, 5.41) is 0.710. The third-order valence-corrected chi connectivity index (χ3v) is 5.90. The van der Waals surface area contributed by atoms with Gasteiger partial charge in [0.05, 0.1) is 5.56 Å². The second kappa shape index (κ2) is 8.96. The number of amides is 1. The predicted octanol–water partition coefficient (Wildman–Crippen LogP) is 1.83. The molecule has 6 nitrogen and oxygen atoms in total. The number of likely N-dealkylation sites (tertiary alicyclic amines) is 1. The van der Waals surface area contributed by atoms with Crippen LogP contribution in [0.2, 0.25) is 0 Å². The number of likely N-dealkylation sites (N-methyl/N-ethyl adjacent to an activating group) is 1. The molecule has 0 radical (unpaired) electrons. The summed E-state index contributed by atoms with van der Waals surface area (Å²) in [6.45, 7) is 6.52. The van der Waals surface area contributed by atoms with Crippen molar-refractivity contribution in [2.45, 2.75) is 36.9 Å². The van der Waals surface area contributed by atoms with Gasteiger partial charge in [-0.3, -0.25) is 4.79 Å². The maximum Gasteiger partial charge on any atom is 0.257 e. The highest BCUT2D eigenvalue weighted by molar-refractivity contribution is 7.98. The van der Waals surface area contributed by atoms with E-state index in [9.17, 15) is 4.79 Å². The van der Waals surface area contributed by atoms with Gasteiger partial charge in [0.25, 0.3) is 5.91 Å². The number of carbonyl (C=O) groups excluding carboxylic acids is 1. The molecule has 0 bridgehead atoms. The summed E-state index contributed by atoms with van der Waals surface area (Å²) in [4.78, 5) is 28.4. The fourth-order valence-corrected chi connectivity index (χ4v) is 3.99. The lowest BCUT2D eigenvalue weighted by Gasteiger charge is -2.38. The Labute approximate surface area is 155 Å². The molecule has 138 valence electrons. The molecule has 1 aromatic heterocycles. The van der Waals surface area contributed by atoms with Crippen molar-refractivity contribution in [1.82, 2.24) is 24.7 Å². The van der Waals surface area contributed by atoms with Crippen molar-refractivity contribution in [1.29, 1.82) is 0 Å². The molecule has 3 rings (SSSR count). The van der Waals surface area contributed by atoms with E-state index in [2.05, 4.69) is 31.7 Å². The van der Waals surface area contributed by atoms with E-state index in [-0.39, 0.29) is 5.91 Å². The summed E-state index contributed by atoms with van der Waals surface area (Å²) in [5.74, 6) is 0.0933. The van der Waals surface area contributed by atoms with E-state index in [1.54, 1.807) is 12.4 Å². The van der Waals surface area contributed by atoms with Crippen LogP contribution in [0.3, 0.4) is 0 Å². The summed E-state index contributed by atoms with van der Waals surface area (Å²) in [6.07, 6.45) is 9.79. The van der Waals surface area contributed by atoms with Gasteiger partial charge in [0, 0.05) is 57.7 Å². The van der Waals surface area contributed by atoms with E-state index < -0.39 is 0 Å². The molecule has 0 aliphatic carbocycles. The van der Waals surface area contributed by atoms with Gasteiger partial charge in [0.1, 0.15) is 0 Å². The second-order valence-corrected chi connectivity index (χ2v) is 7.81. The minimum absolute atomic E-state index is 0.0933. The summed E-state index contributed by atoms with van der Waals surface area (Å²) in [5.41, 5.74) is 0.615. The van der Waals surface area contributed by atoms with Gasteiger partial charge in [-0.1, -0.05) is 11.8 Å². The van der Waals surface area contributed by atoms with Crippen LogP contribution < -0.4 is 0 Å². The molecule has 0 N–H and O–H groups in total. The number of rotatable bonds is 5. The Kier molecular flexibility index (Phi) is 6.67. The Hall–Kier alpha value is -1.18. The normalized spacial score (nSPS) is 23.0. The number of piperidine rings is 1. The van der Waals surface area contributed by atoms with Crippen molar-refractivity contribution >= 4 is 17.7 Å². The van der Waals surface area contributed by atoms with Crippen LogP contribution in [0.4, 0.5) is 0 Å². The van der Waals surface area contributed by atoms with Crippen molar-refractivity contribution < 1.29 is 4.79 Å². The monoisotopic (exact) mass is 363 g/mol. The molecule has 7 heteroatoms. The number of carbonyl (C=O) groups is 1. The highest BCUT2D eigenvalue weighted by Crippen LogP contribution is 2.22. The molecule has 2 fully saturated rings. The standard InChI is InChI=1S/C18H29N5OS/c1-21-9-11-22(12-10-21)8-6-16-5-3-4-7-23(16)17(24)15-13-19-18(25-2)20-14-15/h13-14,16H,3-12H2,1-2H3/t16-/m1/s1. The van der Waals surface area contributed by atoms with Gasteiger partial charge in [0.15, 0.2) is 5.16 Å². The van der Waals surface area contributed by atoms with Crippen molar-refractivity contribution in [3.63, 3.8) is 0 Å². The van der Waals surface area contributed by atoms with Gasteiger partial charge in [0.2, 0.25) is 0 Å². The van der Waals surface area contributed by atoms with Crippen molar-refractivity contribution in [2.75, 3.05) is 52.6 Å². The molecule has 0 unspecified atom stereocenters. The van der Waals surface area contributed by atoms with Gasteiger partial charge in [-0.2, -0.15) is 0 Å². The Morgan fingerprint density at radius 3 is 2.56 bits per heavy atom. The number of nitrogens with zero attached hydrogens (tertiary/aromatic N) is 5. The van der Waals surface area contributed by atoms with E-state index in [4.69, 9.17) is 0 Å². The molecule has 1 atom stereocenters. The van der Waals surface area contributed by atoms with Crippen LogP contribution in [0.1, 0.15) is 36.0 Å². The number of hydrogen-bond acceptors (Lipinski definition) is 6. The maximum atomic E-state index is 12.9. The molecule has 0 saturated carbocycles. The first-order valence-electron chi connectivity index (χ1n) is 9.25. The third-order valence-electron chi connectivity index (χ3n) is 5.32. The molecular formula is C18H29N5OS. The van der Waals surface area contributed by atoms with E-state index in [1.807, 2.05) is 6.26 Å². The summed E-state index contributed by atoms with van der Waals surface area (Å²) in [7, 11) is 2.18. The minimum atomic E-state index is 0.0933. The number of thioether (sulfide) groups is 1. The lowest BCUT2D eigenvalue weighted by molar-refractivity contribution is 0.0568. The fourth-order valence-electron chi connectivity index (χ4n) is 3.67. The molecule has 0 aromatic carbocycles. The average molecular weight is 364 g/mol. The van der Waals surface area contributed by atoms with Crippen molar-refractivity contribution in [3.05, 3.63) is 18.0 Å². The van der Waals surface area contributed by atoms with E-state index >= 15 is 0 Å². The minimum Gasteiger partial charge on any atom is -0.336 e. The van der Waals surface area contributed by atoms with Crippen LogP contribution in [0.15, 0.2) is 17.6 Å². The Morgan fingerprint density at radius 2 is 1.88 bits per heavy atom. The highest BCUT2D eigenvalue weighted by Gasteiger charge is 2.28. The lowest BCUT2D eigenvalue weighted by Crippen LogP contribution is -2.48. The zero-order chi connectivity index (χ0) is 17.6. The van der Waals surface area contributed by atoms with Gasteiger partial charge in [-0.25, -0.2) is 9.97 Å². The fraction of sp³-hybridized carbons (Fsp3) is 0.722. The number of hydrogen-bond donors (Lipinski definition) is 0. The van der Waals surface area contributed by atoms with Crippen LogP contribution in [0, 0.1) is 0 Å². The van der Waals surface area contributed by atoms with Crippen LogP contribution in [0.5, 0.6) is 0 Å². The molecule has 25 heavy (non-hydrogen) atoms. The SMILES string of the molecule is CSc1ncc(C(=O)N2CCCC[C@@H]2CCN2CCN(C)CC2)cn1. The van der Waals surface area contributed by atoms with E-state index in [0.29, 0.717) is 16.8 Å². The Balaban J connectivity index is 1.58. The first kappa shape index (κ1) is 18.6. The van der Waals surface area contributed by atoms with Crippen LogP contribution in [-0.4, -0.2) is 89.2 Å². The first-order valence-corrected chi connectivity index (χ1v) is 10.5. The summed E-state index contributed by atoms with van der Waals surface area (Å²) in [6, 6.07) is 0.348. The molecule has 1 amide bonds. The van der Waals surface area contributed by atoms with Gasteiger partial charge in [-0.15, -0.1) is 0 Å². The van der Waals surface area contributed by atoms with Crippen molar-refractivity contribution in [2.24, 2.45) is 0 Å². The first-order chi connectivity index (χ1) is 12.2. The smallest absolute Gasteiger partial charge is 0.257 e. The Morgan fingerprint density at radius 1 is 1.16 bits per heavy atom. The van der Waals surface area contributed by atoms with Gasteiger partial charge >= 0.3 is 0 Å². The van der Waals surface area contributed by atoms with E-state index in [0.717, 1.165) is 58.5 Å². The largest absolute Gasteiger partial charge is 0.336 e. The molecule has 2 aliphatic rings. The topological polar surface area (TPSA) is 52.6 Å². The predicted molar refractivity (Wildman–Crippen MR) is 101 cm³/mol. The molecule has 0 spiro atoms. The zero-order valence-corrected chi connectivity index (χ0v) is 16.2. The van der Waals surface area contributed by atoms with E-state index in [1.165, 1.54) is 18.2 Å².